The molecule has 0 aromatic heterocycles. The molecule has 3 rings (SSSR count). The fourth-order valence-electron chi connectivity index (χ4n) is 5.76. The van der Waals surface area contributed by atoms with E-state index in [-0.39, 0.29) is 19.3 Å². The highest BCUT2D eigenvalue weighted by atomic mass is 17.1. The molecule has 0 bridgehead atoms. The largest absolute Gasteiger partial charge is 0.462 e. The number of ether oxygens (including phenoxy) is 4. The Balaban J connectivity index is 2.31. The summed E-state index contributed by atoms with van der Waals surface area (Å²) in [7, 11) is 0. The van der Waals surface area contributed by atoms with E-state index in [2.05, 4.69) is 6.58 Å². The standard InChI is InChI=1S/C26H34O10/c1-12-8-21-18(13(2)25(30)35-21)10-19-14(3)20(36-31)11-23(33-16(5)28)26(19,7)24(34-17(6)29)22(9-12)32-15(4)27/h8,19-24,31H,3,9-11H2,1-2,4-7H3/b12-8-/t19-,20-,21-,22+,23-,24-,26+/m0/s1. The van der Waals surface area contributed by atoms with Gasteiger partial charge in [-0.05, 0) is 43.4 Å². The highest BCUT2D eigenvalue weighted by Gasteiger charge is 2.60. The Hall–Kier alpha value is -2.98. The van der Waals surface area contributed by atoms with Crippen molar-refractivity contribution in [2.24, 2.45) is 11.3 Å². The van der Waals surface area contributed by atoms with E-state index < -0.39 is 65.7 Å². The lowest BCUT2D eigenvalue weighted by Crippen LogP contribution is -2.61. The topological polar surface area (TPSA) is 135 Å². The van der Waals surface area contributed by atoms with E-state index in [0.29, 0.717) is 16.7 Å². The Bertz CT molecular complexity index is 1020. The second kappa shape index (κ2) is 10.6. The number of carbonyl (C=O) groups is 4. The van der Waals surface area contributed by atoms with Gasteiger partial charge in [-0.2, -0.15) is 0 Å². The Morgan fingerprint density at radius 1 is 1.06 bits per heavy atom. The van der Waals surface area contributed by atoms with Crippen molar-refractivity contribution in [1.82, 2.24) is 0 Å². The maximum atomic E-state index is 12.5. The van der Waals surface area contributed by atoms with E-state index in [0.717, 1.165) is 5.57 Å². The normalized spacial score (nSPS) is 36.0. The summed E-state index contributed by atoms with van der Waals surface area (Å²) in [5.74, 6) is -2.88. The maximum absolute atomic E-state index is 12.5. The number of rotatable bonds is 4. The van der Waals surface area contributed by atoms with Crippen molar-refractivity contribution in [3.8, 4) is 0 Å². The number of fused-ring (bicyclic) bond motifs is 2. The highest BCUT2D eigenvalue weighted by Crippen LogP contribution is 2.54. The fourth-order valence-corrected chi connectivity index (χ4v) is 5.76. The monoisotopic (exact) mass is 506 g/mol. The minimum atomic E-state index is -1.19. The molecule has 0 amide bonds. The molecular weight excluding hydrogens is 472 g/mol. The Labute approximate surface area is 210 Å². The summed E-state index contributed by atoms with van der Waals surface area (Å²) >= 11 is 0. The lowest BCUT2D eigenvalue weighted by Gasteiger charge is -2.54. The molecule has 1 heterocycles. The molecule has 3 aliphatic rings. The van der Waals surface area contributed by atoms with Crippen LogP contribution in [0.5, 0.6) is 0 Å². The molecule has 198 valence electrons. The van der Waals surface area contributed by atoms with Crippen molar-refractivity contribution in [3.05, 3.63) is 34.9 Å². The van der Waals surface area contributed by atoms with Crippen molar-refractivity contribution < 1.29 is 48.3 Å². The first kappa shape index (κ1) is 27.6. The molecule has 7 atom stereocenters. The van der Waals surface area contributed by atoms with Crippen LogP contribution >= 0.6 is 0 Å². The quantitative estimate of drug-likeness (QED) is 0.199. The summed E-state index contributed by atoms with van der Waals surface area (Å²) in [6, 6.07) is 0. The molecular formula is C26H34O10. The van der Waals surface area contributed by atoms with E-state index in [1.54, 1.807) is 26.8 Å². The molecule has 1 N–H and O–H groups in total. The van der Waals surface area contributed by atoms with Crippen LogP contribution in [0.2, 0.25) is 0 Å². The van der Waals surface area contributed by atoms with E-state index in [4.69, 9.17) is 23.8 Å². The maximum Gasteiger partial charge on any atom is 0.334 e. The van der Waals surface area contributed by atoms with Gasteiger partial charge in [-0.15, -0.1) is 0 Å². The van der Waals surface area contributed by atoms with Gasteiger partial charge >= 0.3 is 23.9 Å². The highest BCUT2D eigenvalue weighted by molar-refractivity contribution is 5.92. The first-order valence-corrected chi connectivity index (χ1v) is 11.9. The van der Waals surface area contributed by atoms with Crippen LogP contribution in [0.25, 0.3) is 0 Å². The van der Waals surface area contributed by atoms with Gasteiger partial charge in [0.2, 0.25) is 0 Å². The van der Waals surface area contributed by atoms with Crippen LogP contribution < -0.4 is 0 Å². The second-order valence-electron chi connectivity index (χ2n) is 10.00. The van der Waals surface area contributed by atoms with Crippen LogP contribution in [-0.4, -0.2) is 59.7 Å². The van der Waals surface area contributed by atoms with Crippen molar-refractivity contribution >= 4 is 23.9 Å². The zero-order valence-corrected chi connectivity index (χ0v) is 21.5. The minimum Gasteiger partial charge on any atom is -0.462 e. The summed E-state index contributed by atoms with van der Waals surface area (Å²) in [6.45, 7) is 13.2. The molecule has 2 aliphatic carbocycles. The zero-order valence-electron chi connectivity index (χ0n) is 21.5. The van der Waals surface area contributed by atoms with Gasteiger partial charge < -0.3 is 18.9 Å². The lowest BCUT2D eigenvalue weighted by molar-refractivity contribution is -0.290. The van der Waals surface area contributed by atoms with Gasteiger partial charge in [0.05, 0.1) is 5.41 Å². The van der Waals surface area contributed by atoms with Gasteiger partial charge in [0.25, 0.3) is 0 Å². The van der Waals surface area contributed by atoms with Gasteiger partial charge in [-0.3, -0.25) is 19.6 Å². The predicted molar refractivity (Wildman–Crippen MR) is 125 cm³/mol. The smallest absolute Gasteiger partial charge is 0.334 e. The Morgan fingerprint density at radius 3 is 2.22 bits per heavy atom. The molecule has 1 fully saturated rings. The Kier molecular flexibility index (Phi) is 8.10. The zero-order chi connectivity index (χ0) is 26.9. The van der Waals surface area contributed by atoms with Gasteiger partial charge in [0.15, 0.2) is 0 Å². The van der Waals surface area contributed by atoms with Crippen LogP contribution in [0.1, 0.15) is 60.8 Å². The third-order valence-corrected chi connectivity index (χ3v) is 7.48. The number of hydrogen-bond acceptors (Lipinski definition) is 10. The van der Waals surface area contributed by atoms with E-state index in [1.807, 2.05) is 0 Å². The average Bonchev–Trinajstić information content (AvgIpc) is 3.02. The Morgan fingerprint density at radius 2 is 1.67 bits per heavy atom. The molecule has 10 nitrogen and oxygen atoms in total. The summed E-state index contributed by atoms with van der Waals surface area (Å²) in [6.07, 6.45) is -2.30. The minimum absolute atomic E-state index is 0.0260. The summed E-state index contributed by atoms with van der Waals surface area (Å²) in [5.41, 5.74) is 1.16. The third-order valence-electron chi connectivity index (χ3n) is 7.48. The molecule has 0 spiro atoms. The fraction of sp³-hybridized carbons (Fsp3) is 0.615. The van der Waals surface area contributed by atoms with Crippen LogP contribution in [0, 0.1) is 11.3 Å². The third kappa shape index (κ3) is 5.24. The molecule has 0 aromatic carbocycles. The van der Waals surface area contributed by atoms with Gasteiger partial charge in [0.1, 0.15) is 30.5 Å². The van der Waals surface area contributed by atoms with Crippen LogP contribution in [0.4, 0.5) is 0 Å². The van der Waals surface area contributed by atoms with Crippen molar-refractivity contribution in [2.45, 2.75) is 91.3 Å². The van der Waals surface area contributed by atoms with Crippen molar-refractivity contribution in [1.29, 1.82) is 0 Å². The van der Waals surface area contributed by atoms with E-state index >= 15 is 0 Å². The van der Waals surface area contributed by atoms with Gasteiger partial charge in [0, 0.05) is 39.2 Å². The summed E-state index contributed by atoms with van der Waals surface area (Å²) in [4.78, 5) is 53.9. The van der Waals surface area contributed by atoms with Crippen LogP contribution in [-0.2, 0) is 43.0 Å². The molecule has 10 heteroatoms. The molecule has 1 aliphatic heterocycles. The van der Waals surface area contributed by atoms with Crippen LogP contribution in [0.3, 0.4) is 0 Å². The molecule has 0 saturated heterocycles. The molecule has 36 heavy (non-hydrogen) atoms. The number of esters is 4. The summed E-state index contributed by atoms with van der Waals surface area (Å²) in [5, 5.41) is 9.66. The second-order valence-corrected chi connectivity index (χ2v) is 10.00. The van der Waals surface area contributed by atoms with Crippen LogP contribution in [0.15, 0.2) is 34.9 Å². The van der Waals surface area contributed by atoms with Gasteiger partial charge in [-0.1, -0.05) is 19.1 Å². The van der Waals surface area contributed by atoms with Crippen molar-refractivity contribution in [2.75, 3.05) is 0 Å². The lowest BCUT2D eigenvalue weighted by atomic mass is 9.56. The molecule has 1 saturated carbocycles. The van der Waals surface area contributed by atoms with E-state index in [9.17, 15) is 24.4 Å². The summed E-state index contributed by atoms with van der Waals surface area (Å²) < 4.78 is 22.9. The molecule has 0 unspecified atom stereocenters. The SMILES string of the molecule is C=C1[C@@H](OO)C[C@H](OC(C)=O)[C@@]2(C)[C@H]1CC1=C(C)C(=O)O[C@H]1/C=C(/C)C[C@@H](OC(C)=O)[C@@H]2OC(C)=O. The first-order chi connectivity index (χ1) is 16.8. The molecule has 0 radical (unpaired) electrons. The van der Waals surface area contributed by atoms with Crippen molar-refractivity contribution in [3.63, 3.8) is 0 Å². The first-order valence-electron chi connectivity index (χ1n) is 11.9. The number of hydrogen-bond donors (Lipinski definition) is 1. The predicted octanol–water partition coefficient (Wildman–Crippen LogP) is 3.20. The number of carbonyl (C=O) groups excluding carboxylic acids is 4. The molecule has 0 aromatic rings. The van der Waals surface area contributed by atoms with E-state index in [1.165, 1.54) is 20.8 Å². The van der Waals surface area contributed by atoms with Gasteiger partial charge in [-0.25, -0.2) is 9.68 Å². The average molecular weight is 507 g/mol.